The third-order valence-corrected chi connectivity index (χ3v) is 2.43. The topological polar surface area (TPSA) is 35.5 Å². The maximum absolute atomic E-state index is 13.0. The number of hydrogen-bond donors (Lipinski definition) is 0. The molecule has 0 saturated heterocycles. The molecule has 2 unspecified atom stereocenters. The van der Waals surface area contributed by atoms with Crippen LogP contribution in [0, 0.1) is 0 Å². The molecule has 0 saturated carbocycles. The Hall–Kier alpha value is -1.57. The van der Waals surface area contributed by atoms with Gasteiger partial charge in [0.1, 0.15) is 13.2 Å². The van der Waals surface area contributed by atoms with Gasteiger partial charge in [-0.3, -0.25) is 0 Å². The Bertz CT molecular complexity index is 394. The standard InChI is InChI=1S/C9H6F12O3/c10-3(11)6(14,8(16,17)18)1-23-5(22)24-2-7(15,4(12)13)9(19,20)21/h3-4H,1-2H2. The van der Waals surface area contributed by atoms with Gasteiger partial charge in [0.15, 0.2) is 0 Å². The van der Waals surface area contributed by atoms with E-state index in [2.05, 4.69) is 9.47 Å². The fourth-order valence-electron chi connectivity index (χ4n) is 0.907. The third-order valence-electron chi connectivity index (χ3n) is 2.43. The van der Waals surface area contributed by atoms with E-state index < -0.39 is 55.9 Å². The number of rotatable bonds is 6. The average Bonchev–Trinajstić information content (AvgIpc) is 2.38. The molecule has 144 valence electrons. The molecule has 0 rings (SSSR count). The summed E-state index contributed by atoms with van der Waals surface area (Å²) in [6, 6.07) is 0. The molecule has 2 atom stereocenters. The van der Waals surface area contributed by atoms with Crippen LogP contribution in [0.1, 0.15) is 0 Å². The molecule has 0 fully saturated rings. The van der Waals surface area contributed by atoms with Crippen molar-refractivity contribution in [3.63, 3.8) is 0 Å². The Morgan fingerprint density at radius 2 is 0.917 bits per heavy atom. The third kappa shape index (κ3) is 4.72. The number of alkyl halides is 12. The van der Waals surface area contributed by atoms with Gasteiger partial charge in [0.05, 0.1) is 0 Å². The van der Waals surface area contributed by atoms with Crippen molar-refractivity contribution in [2.45, 2.75) is 36.5 Å². The van der Waals surface area contributed by atoms with Gasteiger partial charge in [-0.05, 0) is 0 Å². The molecular formula is C9H6F12O3. The molecule has 0 aliphatic rings. The van der Waals surface area contributed by atoms with Crippen LogP contribution in [-0.4, -0.2) is 55.9 Å². The SMILES string of the molecule is O=C(OCC(F)(C(F)F)C(F)(F)F)OCC(F)(C(F)F)C(F)(F)F. The van der Waals surface area contributed by atoms with E-state index in [1.54, 1.807) is 0 Å². The summed E-state index contributed by atoms with van der Waals surface area (Å²) in [5, 5.41) is 0. The molecule has 24 heavy (non-hydrogen) atoms. The molecule has 0 bridgehead atoms. The van der Waals surface area contributed by atoms with Gasteiger partial charge in [-0.15, -0.1) is 0 Å². The van der Waals surface area contributed by atoms with Crippen LogP contribution in [0.25, 0.3) is 0 Å². The van der Waals surface area contributed by atoms with Crippen molar-refractivity contribution < 1.29 is 67.0 Å². The van der Waals surface area contributed by atoms with Crippen LogP contribution < -0.4 is 0 Å². The summed E-state index contributed by atoms with van der Waals surface area (Å²) < 4.78 is 153. The second kappa shape index (κ2) is 7.13. The minimum absolute atomic E-state index is 2.70. The zero-order valence-electron chi connectivity index (χ0n) is 10.8. The summed E-state index contributed by atoms with van der Waals surface area (Å²) in [6.07, 6.45) is -24.7. The van der Waals surface area contributed by atoms with Gasteiger partial charge in [-0.1, -0.05) is 0 Å². The molecule has 0 aliphatic carbocycles. The van der Waals surface area contributed by atoms with Crippen LogP contribution in [0.15, 0.2) is 0 Å². The lowest BCUT2D eigenvalue weighted by Gasteiger charge is -2.27. The predicted molar refractivity (Wildman–Crippen MR) is 49.1 cm³/mol. The van der Waals surface area contributed by atoms with Gasteiger partial charge in [0, 0.05) is 0 Å². The Morgan fingerprint density at radius 3 is 1.08 bits per heavy atom. The van der Waals surface area contributed by atoms with Crippen LogP contribution in [0.3, 0.4) is 0 Å². The molecule has 0 heterocycles. The molecule has 0 N–H and O–H groups in total. The first kappa shape index (κ1) is 22.4. The molecular weight excluding hydrogens is 384 g/mol. The number of halogens is 12. The van der Waals surface area contributed by atoms with Crippen molar-refractivity contribution in [3.8, 4) is 0 Å². The van der Waals surface area contributed by atoms with Crippen molar-refractivity contribution in [2.75, 3.05) is 13.2 Å². The van der Waals surface area contributed by atoms with Crippen molar-refractivity contribution in [1.82, 2.24) is 0 Å². The first-order valence-electron chi connectivity index (χ1n) is 5.36. The van der Waals surface area contributed by atoms with Crippen LogP contribution in [-0.2, 0) is 9.47 Å². The summed E-state index contributed by atoms with van der Waals surface area (Å²) >= 11 is 0. The first-order chi connectivity index (χ1) is 10.5. The zero-order chi connectivity index (χ0) is 19.6. The Kier molecular flexibility index (Phi) is 6.66. The second-order valence-corrected chi connectivity index (χ2v) is 4.15. The molecule has 0 aromatic heterocycles. The van der Waals surface area contributed by atoms with Gasteiger partial charge in [0.25, 0.3) is 24.2 Å². The number of carbonyl (C=O) groups excluding carboxylic acids is 1. The van der Waals surface area contributed by atoms with E-state index in [0.29, 0.717) is 0 Å². The predicted octanol–water partition coefficient (Wildman–Crippen LogP) is 4.21. The monoisotopic (exact) mass is 390 g/mol. The van der Waals surface area contributed by atoms with E-state index in [9.17, 15) is 57.5 Å². The van der Waals surface area contributed by atoms with Gasteiger partial charge in [-0.2, -0.15) is 26.3 Å². The van der Waals surface area contributed by atoms with Crippen LogP contribution in [0.4, 0.5) is 57.5 Å². The highest BCUT2D eigenvalue weighted by molar-refractivity contribution is 5.60. The van der Waals surface area contributed by atoms with Crippen LogP contribution in [0.2, 0.25) is 0 Å². The normalized spacial score (nSPS) is 18.2. The van der Waals surface area contributed by atoms with Gasteiger partial charge < -0.3 is 9.47 Å². The van der Waals surface area contributed by atoms with Crippen LogP contribution in [0.5, 0.6) is 0 Å². The number of ether oxygens (including phenoxy) is 2. The summed E-state index contributed by atoms with van der Waals surface area (Å²) in [5.41, 5.74) is -10.8. The molecule has 0 aromatic carbocycles. The number of carbonyl (C=O) groups is 1. The maximum Gasteiger partial charge on any atom is 0.508 e. The second-order valence-electron chi connectivity index (χ2n) is 4.15. The van der Waals surface area contributed by atoms with Gasteiger partial charge >= 0.3 is 18.5 Å². The van der Waals surface area contributed by atoms with E-state index in [0.717, 1.165) is 0 Å². The zero-order valence-corrected chi connectivity index (χ0v) is 10.8. The summed E-state index contributed by atoms with van der Waals surface area (Å²) in [5.74, 6) is 0. The van der Waals surface area contributed by atoms with Crippen molar-refractivity contribution >= 4 is 6.16 Å². The summed E-state index contributed by atoms with van der Waals surface area (Å²) in [4.78, 5) is 10.6. The molecule has 0 aliphatic heterocycles. The largest absolute Gasteiger partial charge is 0.508 e. The van der Waals surface area contributed by atoms with Crippen LogP contribution >= 0.6 is 0 Å². The van der Waals surface area contributed by atoms with Crippen molar-refractivity contribution in [1.29, 1.82) is 0 Å². The van der Waals surface area contributed by atoms with E-state index in [1.165, 1.54) is 0 Å². The minimum Gasteiger partial charge on any atom is -0.430 e. The summed E-state index contributed by atoms with van der Waals surface area (Å²) in [6.45, 7) is -5.51. The minimum atomic E-state index is -6.25. The van der Waals surface area contributed by atoms with Crippen molar-refractivity contribution in [3.05, 3.63) is 0 Å². The molecule has 3 nitrogen and oxygen atoms in total. The molecule has 0 spiro atoms. The van der Waals surface area contributed by atoms with Gasteiger partial charge in [-0.25, -0.2) is 31.1 Å². The van der Waals surface area contributed by atoms with E-state index in [4.69, 9.17) is 0 Å². The van der Waals surface area contributed by atoms with Gasteiger partial charge in [0.2, 0.25) is 0 Å². The lowest BCUT2D eigenvalue weighted by atomic mass is 10.1. The quantitative estimate of drug-likeness (QED) is 0.504. The summed E-state index contributed by atoms with van der Waals surface area (Å²) in [7, 11) is 0. The Balaban J connectivity index is 4.88. The molecule has 0 aromatic rings. The highest BCUT2D eigenvalue weighted by Gasteiger charge is 2.65. The molecule has 0 radical (unpaired) electrons. The van der Waals surface area contributed by atoms with E-state index >= 15 is 0 Å². The fourth-order valence-corrected chi connectivity index (χ4v) is 0.907. The Labute approximate surface area is 124 Å². The average molecular weight is 390 g/mol. The Morgan fingerprint density at radius 1 is 0.667 bits per heavy atom. The van der Waals surface area contributed by atoms with E-state index in [1.807, 2.05) is 0 Å². The first-order valence-corrected chi connectivity index (χ1v) is 5.36. The fraction of sp³-hybridized carbons (Fsp3) is 0.889. The molecule has 15 heteroatoms. The number of hydrogen-bond acceptors (Lipinski definition) is 3. The lowest BCUT2D eigenvalue weighted by Crippen LogP contribution is -2.52. The highest BCUT2D eigenvalue weighted by atomic mass is 19.4. The van der Waals surface area contributed by atoms with Crippen molar-refractivity contribution in [2.24, 2.45) is 0 Å². The van der Waals surface area contributed by atoms with E-state index in [-0.39, 0.29) is 0 Å². The smallest absolute Gasteiger partial charge is 0.430 e. The molecule has 0 amide bonds. The lowest BCUT2D eigenvalue weighted by molar-refractivity contribution is -0.283. The highest BCUT2D eigenvalue weighted by Crippen LogP contribution is 2.40. The maximum atomic E-state index is 13.0.